The summed E-state index contributed by atoms with van der Waals surface area (Å²) in [5.41, 5.74) is 1.51. The highest BCUT2D eigenvalue weighted by molar-refractivity contribution is 6.02. The molecule has 0 spiro atoms. The molecule has 1 aliphatic rings. The molecule has 5 nitrogen and oxygen atoms in total. The van der Waals surface area contributed by atoms with Crippen LogP contribution in [0.3, 0.4) is 0 Å². The van der Waals surface area contributed by atoms with Crippen molar-refractivity contribution in [2.24, 2.45) is 0 Å². The van der Waals surface area contributed by atoms with E-state index in [0.29, 0.717) is 36.8 Å². The third-order valence-electron chi connectivity index (χ3n) is 3.23. The summed E-state index contributed by atoms with van der Waals surface area (Å²) in [5, 5.41) is 3.16. The van der Waals surface area contributed by atoms with Crippen molar-refractivity contribution in [1.82, 2.24) is 5.32 Å². The molecule has 104 valence electrons. The minimum absolute atomic E-state index is 0.0261. The van der Waals surface area contributed by atoms with Crippen molar-refractivity contribution < 1.29 is 19.0 Å². The first-order valence-electron chi connectivity index (χ1n) is 6.25. The van der Waals surface area contributed by atoms with E-state index in [1.165, 1.54) is 0 Å². The average Bonchev–Trinajstić information content (AvgIpc) is 2.47. The van der Waals surface area contributed by atoms with E-state index in [-0.39, 0.29) is 11.8 Å². The van der Waals surface area contributed by atoms with Crippen LogP contribution in [0.25, 0.3) is 0 Å². The number of benzene rings is 1. The molecule has 2 rings (SSSR count). The molecule has 1 aromatic carbocycles. The molecule has 0 aromatic heterocycles. The molecule has 1 aliphatic heterocycles. The lowest BCUT2D eigenvalue weighted by atomic mass is 9.98. The number of ether oxygens (including phenoxy) is 3. The zero-order valence-corrected chi connectivity index (χ0v) is 11.5. The van der Waals surface area contributed by atoms with Gasteiger partial charge in [0.1, 0.15) is 0 Å². The predicted octanol–water partition coefficient (Wildman–Crippen LogP) is 1.18. The zero-order valence-electron chi connectivity index (χ0n) is 11.5. The predicted molar refractivity (Wildman–Crippen MR) is 71.2 cm³/mol. The molecule has 0 saturated carbocycles. The number of carbonyl (C=O) groups is 1. The number of methoxy groups -OCH3 is 2. The van der Waals surface area contributed by atoms with Gasteiger partial charge in [0.25, 0.3) is 0 Å². The van der Waals surface area contributed by atoms with Gasteiger partial charge in [-0.25, -0.2) is 0 Å². The summed E-state index contributed by atoms with van der Waals surface area (Å²) in [7, 11) is 3.14. The Morgan fingerprint density at radius 3 is 2.58 bits per heavy atom. The molecule has 1 saturated heterocycles. The molecule has 5 heteroatoms. The zero-order chi connectivity index (χ0) is 13.8. The number of ketones is 1. The van der Waals surface area contributed by atoms with E-state index < -0.39 is 0 Å². The van der Waals surface area contributed by atoms with Gasteiger partial charge in [-0.15, -0.1) is 0 Å². The number of Topliss-reactive ketones (excluding diaryl/α,β-unsaturated/α-hetero) is 1. The number of carbonyl (C=O) groups excluding carboxylic acids is 1. The van der Waals surface area contributed by atoms with Gasteiger partial charge < -0.3 is 19.5 Å². The minimum atomic E-state index is -0.287. The molecular formula is C14H19NO4. The lowest BCUT2D eigenvalue weighted by Gasteiger charge is -2.23. The fourth-order valence-corrected chi connectivity index (χ4v) is 2.17. The molecule has 0 radical (unpaired) electrons. The van der Waals surface area contributed by atoms with Gasteiger partial charge in [0.15, 0.2) is 17.3 Å². The maximum Gasteiger partial charge on any atom is 0.182 e. The Balaban J connectivity index is 2.30. The van der Waals surface area contributed by atoms with E-state index in [1.54, 1.807) is 20.3 Å². The molecule has 1 aromatic rings. The van der Waals surface area contributed by atoms with Crippen molar-refractivity contribution >= 4 is 5.78 Å². The van der Waals surface area contributed by atoms with Gasteiger partial charge in [-0.1, -0.05) is 0 Å². The normalized spacial score (nSPS) is 19.0. The topological polar surface area (TPSA) is 56.8 Å². The Bertz CT molecular complexity index is 467. The smallest absolute Gasteiger partial charge is 0.182 e. The van der Waals surface area contributed by atoms with Crippen LogP contribution in [0.5, 0.6) is 11.5 Å². The van der Waals surface area contributed by atoms with Gasteiger partial charge in [-0.2, -0.15) is 0 Å². The lowest BCUT2D eigenvalue weighted by Crippen LogP contribution is -2.46. The fraction of sp³-hybridized carbons (Fsp3) is 0.500. The number of hydrogen-bond acceptors (Lipinski definition) is 5. The van der Waals surface area contributed by atoms with Crippen molar-refractivity contribution in [1.29, 1.82) is 0 Å². The average molecular weight is 265 g/mol. The van der Waals surface area contributed by atoms with Crippen molar-refractivity contribution in [2.45, 2.75) is 13.0 Å². The molecular weight excluding hydrogens is 246 g/mol. The Kier molecular flexibility index (Phi) is 4.39. The molecule has 19 heavy (non-hydrogen) atoms. The number of hydrogen-bond donors (Lipinski definition) is 1. The van der Waals surface area contributed by atoms with Gasteiger partial charge in [-0.05, 0) is 24.6 Å². The first-order chi connectivity index (χ1) is 9.17. The van der Waals surface area contributed by atoms with Crippen LogP contribution in [0, 0.1) is 6.92 Å². The molecule has 0 aliphatic carbocycles. The van der Waals surface area contributed by atoms with Crippen LogP contribution in [-0.4, -0.2) is 45.8 Å². The summed E-state index contributed by atoms with van der Waals surface area (Å²) < 4.78 is 15.8. The van der Waals surface area contributed by atoms with E-state index in [1.807, 2.05) is 13.0 Å². The van der Waals surface area contributed by atoms with Crippen LogP contribution in [0.15, 0.2) is 12.1 Å². The highest BCUT2D eigenvalue weighted by atomic mass is 16.5. The van der Waals surface area contributed by atoms with Crippen LogP contribution >= 0.6 is 0 Å². The highest BCUT2D eigenvalue weighted by Gasteiger charge is 2.25. The van der Waals surface area contributed by atoms with Crippen molar-refractivity contribution in [3.05, 3.63) is 23.3 Å². The SMILES string of the molecule is COc1cc(C)c(C(=O)C2COCCN2)cc1OC. The van der Waals surface area contributed by atoms with Crippen LogP contribution in [0.1, 0.15) is 15.9 Å². The number of aryl methyl sites for hydroxylation is 1. The highest BCUT2D eigenvalue weighted by Crippen LogP contribution is 2.30. The largest absolute Gasteiger partial charge is 0.493 e. The van der Waals surface area contributed by atoms with Crippen LogP contribution in [0.2, 0.25) is 0 Å². The second-order valence-electron chi connectivity index (χ2n) is 4.47. The third kappa shape index (κ3) is 2.88. The second-order valence-corrected chi connectivity index (χ2v) is 4.47. The third-order valence-corrected chi connectivity index (χ3v) is 3.23. The summed E-state index contributed by atoms with van der Waals surface area (Å²) in [4.78, 5) is 12.4. The van der Waals surface area contributed by atoms with Crippen LogP contribution < -0.4 is 14.8 Å². The molecule has 1 unspecified atom stereocenters. The summed E-state index contributed by atoms with van der Waals surface area (Å²) >= 11 is 0. The molecule has 0 bridgehead atoms. The Labute approximate surface area is 112 Å². The van der Waals surface area contributed by atoms with Crippen LogP contribution in [-0.2, 0) is 4.74 Å². The Morgan fingerprint density at radius 2 is 2.00 bits per heavy atom. The fourth-order valence-electron chi connectivity index (χ4n) is 2.17. The van der Waals surface area contributed by atoms with Crippen LogP contribution in [0.4, 0.5) is 0 Å². The molecule has 1 heterocycles. The standard InChI is InChI=1S/C14H19NO4/c1-9-6-12(17-2)13(18-3)7-10(9)14(16)11-8-19-5-4-15-11/h6-7,11,15H,4-5,8H2,1-3H3. The van der Waals surface area contributed by atoms with Crippen molar-refractivity contribution in [3.8, 4) is 11.5 Å². The minimum Gasteiger partial charge on any atom is -0.493 e. The quantitative estimate of drug-likeness (QED) is 0.829. The van der Waals surface area contributed by atoms with Gasteiger partial charge in [-0.3, -0.25) is 4.79 Å². The van der Waals surface area contributed by atoms with Gasteiger partial charge in [0.05, 0.1) is 33.5 Å². The monoisotopic (exact) mass is 265 g/mol. The lowest BCUT2D eigenvalue weighted by molar-refractivity contribution is 0.0607. The Hall–Kier alpha value is -1.59. The Morgan fingerprint density at radius 1 is 1.32 bits per heavy atom. The maximum atomic E-state index is 12.4. The maximum absolute atomic E-state index is 12.4. The van der Waals surface area contributed by atoms with Gasteiger partial charge in [0.2, 0.25) is 0 Å². The summed E-state index contributed by atoms with van der Waals surface area (Å²) in [6, 6.07) is 3.26. The summed E-state index contributed by atoms with van der Waals surface area (Å²) in [5.74, 6) is 1.22. The number of morpholine rings is 1. The second kappa shape index (κ2) is 6.04. The van der Waals surface area contributed by atoms with Gasteiger partial charge >= 0.3 is 0 Å². The molecule has 1 atom stereocenters. The van der Waals surface area contributed by atoms with E-state index in [4.69, 9.17) is 14.2 Å². The first kappa shape index (κ1) is 13.8. The van der Waals surface area contributed by atoms with Gasteiger partial charge in [0, 0.05) is 12.1 Å². The summed E-state index contributed by atoms with van der Waals surface area (Å²) in [6.07, 6.45) is 0. The van der Waals surface area contributed by atoms with Crippen molar-refractivity contribution in [2.75, 3.05) is 34.0 Å². The van der Waals surface area contributed by atoms with E-state index in [9.17, 15) is 4.79 Å². The number of nitrogens with one attached hydrogen (secondary N) is 1. The molecule has 0 amide bonds. The molecule has 1 fully saturated rings. The summed E-state index contributed by atoms with van der Waals surface area (Å²) in [6.45, 7) is 3.64. The van der Waals surface area contributed by atoms with E-state index in [0.717, 1.165) is 5.56 Å². The van der Waals surface area contributed by atoms with E-state index in [2.05, 4.69) is 5.32 Å². The molecule has 1 N–H and O–H groups in total. The van der Waals surface area contributed by atoms with Crippen molar-refractivity contribution in [3.63, 3.8) is 0 Å². The van der Waals surface area contributed by atoms with E-state index >= 15 is 0 Å². The number of rotatable bonds is 4. The first-order valence-corrected chi connectivity index (χ1v) is 6.25.